The Balaban J connectivity index is 2.14. The van der Waals surface area contributed by atoms with Gasteiger partial charge in [0.05, 0.1) is 26.0 Å². The largest absolute Gasteiger partial charge is 0.493 e. The summed E-state index contributed by atoms with van der Waals surface area (Å²) >= 11 is 6.05. The minimum Gasteiger partial charge on any atom is -0.493 e. The Kier molecular flexibility index (Phi) is 6.12. The molecule has 0 aromatic heterocycles. The van der Waals surface area contributed by atoms with Crippen molar-refractivity contribution in [3.8, 4) is 5.75 Å². The number of hydrogen-bond donors (Lipinski definition) is 0. The van der Waals surface area contributed by atoms with E-state index in [0.717, 1.165) is 5.56 Å². The first-order chi connectivity index (χ1) is 10.1. The maximum atomic E-state index is 12.7. The molecule has 0 unspecified atom stereocenters. The van der Waals surface area contributed by atoms with Gasteiger partial charge in [-0.3, -0.25) is 4.57 Å². The van der Waals surface area contributed by atoms with Crippen LogP contribution in [0.5, 0.6) is 5.75 Å². The number of hydrogen-bond acceptors (Lipinski definition) is 4. The molecule has 0 heterocycles. The van der Waals surface area contributed by atoms with Crippen LogP contribution in [0.2, 0.25) is 5.02 Å². The maximum absolute atomic E-state index is 12.7. The highest BCUT2D eigenvalue weighted by Gasteiger charge is 2.27. The molecule has 0 spiro atoms. The topological polar surface area (TPSA) is 44.8 Å². The van der Waals surface area contributed by atoms with Gasteiger partial charge in [-0.25, -0.2) is 0 Å². The quantitative estimate of drug-likeness (QED) is 0.604. The van der Waals surface area contributed by atoms with Crippen molar-refractivity contribution >= 4 is 19.2 Å². The summed E-state index contributed by atoms with van der Waals surface area (Å²) in [4.78, 5) is 0. The molecule has 0 aliphatic heterocycles. The van der Waals surface area contributed by atoms with E-state index in [4.69, 9.17) is 25.4 Å². The van der Waals surface area contributed by atoms with E-state index in [0.29, 0.717) is 36.5 Å². The van der Waals surface area contributed by atoms with Crippen LogP contribution in [-0.4, -0.2) is 19.8 Å². The van der Waals surface area contributed by atoms with Crippen LogP contribution in [0.4, 0.5) is 0 Å². The number of benzene rings is 1. The summed E-state index contributed by atoms with van der Waals surface area (Å²) < 4.78 is 29.2. The van der Waals surface area contributed by atoms with Crippen molar-refractivity contribution in [2.45, 2.75) is 32.9 Å². The highest BCUT2D eigenvalue weighted by atomic mass is 35.5. The van der Waals surface area contributed by atoms with E-state index >= 15 is 0 Å². The van der Waals surface area contributed by atoms with E-state index in [1.165, 1.54) is 12.8 Å². The highest BCUT2D eigenvalue weighted by Crippen LogP contribution is 2.52. The lowest BCUT2D eigenvalue weighted by molar-refractivity contribution is 0.218. The number of ether oxygens (including phenoxy) is 1. The van der Waals surface area contributed by atoms with Crippen molar-refractivity contribution in [1.82, 2.24) is 0 Å². The summed E-state index contributed by atoms with van der Waals surface area (Å²) in [6.45, 7) is 4.98. The lowest BCUT2D eigenvalue weighted by atomic mass is 10.2. The Morgan fingerprint density at radius 2 is 1.90 bits per heavy atom. The molecular weight excluding hydrogens is 311 g/mol. The van der Waals surface area contributed by atoms with E-state index < -0.39 is 7.60 Å². The van der Waals surface area contributed by atoms with Crippen molar-refractivity contribution in [3.63, 3.8) is 0 Å². The fourth-order valence-corrected chi connectivity index (χ4v) is 3.94. The first-order valence-corrected chi connectivity index (χ1v) is 9.46. The molecular formula is C15H22ClO4P. The van der Waals surface area contributed by atoms with Crippen molar-refractivity contribution in [2.75, 3.05) is 19.8 Å². The van der Waals surface area contributed by atoms with Gasteiger partial charge in [0.25, 0.3) is 0 Å². The molecule has 1 saturated carbocycles. The van der Waals surface area contributed by atoms with Gasteiger partial charge < -0.3 is 13.8 Å². The fourth-order valence-electron chi connectivity index (χ4n) is 2.04. The normalized spacial score (nSPS) is 15.2. The smallest absolute Gasteiger partial charge is 0.335 e. The molecule has 2 rings (SSSR count). The van der Waals surface area contributed by atoms with Gasteiger partial charge in [0, 0.05) is 10.6 Å². The first kappa shape index (κ1) is 16.8. The predicted octanol–water partition coefficient (Wildman–Crippen LogP) is 4.89. The second kappa shape index (κ2) is 7.64. The zero-order valence-electron chi connectivity index (χ0n) is 12.5. The minimum absolute atomic E-state index is 0.176. The van der Waals surface area contributed by atoms with E-state index in [2.05, 4.69) is 0 Å². The van der Waals surface area contributed by atoms with Gasteiger partial charge in [-0.1, -0.05) is 11.6 Å². The van der Waals surface area contributed by atoms with Crippen LogP contribution in [0.3, 0.4) is 0 Å². The Hall–Kier alpha value is -0.540. The molecule has 21 heavy (non-hydrogen) atoms. The fraction of sp³-hybridized carbons (Fsp3) is 0.600. The summed E-state index contributed by atoms with van der Waals surface area (Å²) in [5, 5.41) is 0.586. The van der Waals surface area contributed by atoms with Gasteiger partial charge in [-0.05, 0) is 50.8 Å². The Morgan fingerprint density at radius 1 is 1.24 bits per heavy atom. The molecule has 0 atom stereocenters. The predicted molar refractivity (Wildman–Crippen MR) is 84.2 cm³/mol. The van der Waals surface area contributed by atoms with Gasteiger partial charge in [0.1, 0.15) is 5.75 Å². The van der Waals surface area contributed by atoms with Gasteiger partial charge in [0.2, 0.25) is 0 Å². The van der Waals surface area contributed by atoms with Crippen LogP contribution in [0.1, 0.15) is 32.3 Å². The minimum atomic E-state index is -3.16. The lowest BCUT2D eigenvalue weighted by Crippen LogP contribution is -2.04. The Bertz CT molecular complexity index is 506. The lowest BCUT2D eigenvalue weighted by Gasteiger charge is -2.19. The molecule has 6 heteroatoms. The van der Waals surface area contributed by atoms with Crippen molar-refractivity contribution in [2.24, 2.45) is 5.92 Å². The monoisotopic (exact) mass is 332 g/mol. The highest BCUT2D eigenvalue weighted by molar-refractivity contribution is 7.53. The first-order valence-electron chi connectivity index (χ1n) is 7.35. The molecule has 1 aromatic carbocycles. The summed E-state index contributed by atoms with van der Waals surface area (Å²) in [6.07, 6.45) is 2.62. The second-order valence-electron chi connectivity index (χ2n) is 5.11. The summed E-state index contributed by atoms with van der Waals surface area (Å²) in [5.74, 6) is 1.37. The summed E-state index contributed by atoms with van der Waals surface area (Å²) in [6, 6.07) is 5.37. The average Bonchev–Trinajstić information content (AvgIpc) is 3.22. The third-order valence-corrected chi connectivity index (χ3v) is 5.48. The SMILES string of the molecule is CCOP(=O)(Cc1cc(Cl)ccc1OCC1CC1)OCC. The molecule has 0 amide bonds. The van der Waals surface area contributed by atoms with Crippen LogP contribution in [0.25, 0.3) is 0 Å². The van der Waals surface area contributed by atoms with Crippen molar-refractivity contribution in [1.29, 1.82) is 0 Å². The van der Waals surface area contributed by atoms with Crippen LogP contribution in [-0.2, 0) is 19.8 Å². The molecule has 1 fully saturated rings. The molecule has 1 aliphatic carbocycles. The van der Waals surface area contributed by atoms with Crippen molar-refractivity contribution < 1.29 is 18.3 Å². The van der Waals surface area contributed by atoms with Gasteiger partial charge in [-0.15, -0.1) is 0 Å². The molecule has 0 N–H and O–H groups in total. The van der Waals surface area contributed by atoms with E-state index in [1.807, 2.05) is 6.07 Å². The second-order valence-corrected chi connectivity index (χ2v) is 7.60. The standard InChI is InChI=1S/C15H22ClO4P/c1-3-19-21(17,20-4-2)11-13-9-14(16)7-8-15(13)18-10-12-5-6-12/h7-9,12H,3-6,10-11H2,1-2H3. The summed E-state index contributed by atoms with van der Waals surface area (Å²) in [7, 11) is -3.16. The van der Waals surface area contributed by atoms with Crippen LogP contribution in [0.15, 0.2) is 18.2 Å². The maximum Gasteiger partial charge on any atom is 0.335 e. The molecule has 1 aliphatic rings. The van der Waals surface area contributed by atoms with E-state index in [9.17, 15) is 4.57 Å². The van der Waals surface area contributed by atoms with Crippen LogP contribution < -0.4 is 4.74 Å². The molecule has 0 saturated heterocycles. The molecule has 118 valence electrons. The third kappa shape index (κ3) is 5.30. The van der Waals surface area contributed by atoms with Gasteiger partial charge >= 0.3 is 7.60 Å². The molecule has 4 nitrogen and oxygen atoms in total. The molecule has 0 radical (unpaired) electrons. The van der Waals surface area contributed by atoms with E-state index in [1.54, 1.807) is 26.0 Å². The molecule has 1 aromatic rings. The zero-order valence-corrected chi connectivity index (χ0v) is 14.2. The number of rotatable bonds is 9. The van der Waals surface area contributed by atoms with Crippen LogP contribution >= 0.6 is 19.2 Å². The van der Waals surface area contributed by atoms with Crippen molar-refractivity contribution in [3.05, 3.63) is 28.8 Å². The van der Waals surface area contributed by atoms with Gasteiger partial charge in [-0.2, -0.15) is 0 Å². The van der Waals surface area contributed by atoms with E-state index in [-0.39, 0.29) is 6.16 Å². The zero-order chi connectivity index (χ0) is 15.3. The number of halogens is 1. The Labute approximate surface area is 131 Å². The summed E-state index contributed by atoms with van der Waals surface area (Å²) in [5.41, 5.74) is 0.772. The third-order valence-electron chi connectivity index (χ3n) is 3.21. The average molecular weight is 333 g/mol. The Morgan fingerprint density at radius 3 is 2.48 bits per heavy atom. The van der Waals surface area contributed by atoms with Gasteiger partial charge in [0.15, 0.2) is 0 Å². The molecule has 0 bridgehead atoms. The van der Waals surface area contributed by atoms with Crippen LogP contribution in [0, 0.1) is 5.92 Å².